The van der Waals surface area contributed by atoms with Gasteiger partial charge in [0.25, 0.3) is 5.65 Å². The highest BCUT2D eigenvalue weighted by molar-refractivity contribution is 5.67. The molecular formula is C30H26N2O4. The Hall–Kier alpha value is -4.58. The molecular weight excluding hydrogens is 452 g/mol. The largest absolute Gasteiger partial charge is 0.872 e. The Morgan fingerprint density at radius 2 is 1.61 bits per heavy atom. The maximum absolute atomic E-state index is 13.6. The van der Waals surface area contributed by atoms with E-state index in [0.29, 0.717) is 47.1 Å². The van der Waals surface area contributed by atoms with Gasteiger partial charge in [-0.05, 0) is 36.2 Å². The van der Waals surface area contributed by atoms with Gasteiger partial charge in [-0.15, -0.1) is 0 Å². The molecule has 0 aliphatic rings. The van der Waals surface area contributed by atoms with Crippen LogP contribution in [0.15, 0.2) is 102 Å². The highest BCUT2D eigenvalue weighted by Gasteiger charge is 2.23. The topological polar surface area (TPSA) is 67.6 Å². The summed E-state index contributed by atoms with van der Waals surface area (Å²) in [7, 11) is 1.60. The predicted molar refractivity (Wildman–Crippen MR) is 136 cm³/mol. The van der Waals surface area contributed by atoms with Crippen molar-refractivity contribution in [2.45, 2.75) is 20.1 Å². The number of ether oxygens (including phenoxy) is 2. The number of pyridine rings is 1. The van der Waals surface area contributed by atoms with Crippen molar-refractivity contribution in [3.8, 4) is 28.5 Å². The lowest BCUT2D eigenvalue weighted by Gasteiger charge is -2.16. The Morgan fingerprint density at radius 1 is 0.861 bits per heavy atom. The summed E-state index contributed by atoms with van der Waals surface area (Å²) >= 11 is 0. The number of hydrogen-bond acceptors (Lipinski definition) is 4. The zero-order chi connectivity index (χ0) is 25.1. The van der Waals surface area contributed by atoms with E-state index in [9.17, 15) is 9.90 Å². The van der Waals surface area contributed by atoms with Crippen molar-refractivity contribution in [3.05, 3.63) is 124 Å². The van der Waals surface area contributed by atoms with Crippen LogP contribution >= 0.6 is 0 Å². The average molecular weight is 479 g/mol. The molecule has 0 unspecified atom stereocenters. The number of para-hydroxylation sites is 1. The van der Waals surface area contributed by atoms with Gasteiger partial charge in [0.1, 0.15) is 18.8 Å². The minimum Gasteiger partial charge on any atom is -0.872 e. The van der Waals surface area contributed by atoms with Gasteiger partial charge in [0.15, 0.2) is 11.5 Å². The molecule has 3 aromatic carbocycles. The molecule has 6 heteroatoms. The van der Waals surface area contributed by atoms with Crippen molar-refractivity contribution in [3.63, 3.8) is 0 Å². The molecule has 36 heavy (non-hydrogen) atoms. The number of fused-ring (bicyclic) bond motifs is 1. The fourth-order valence-electron chi connectivity index (χ4n) is 4.43. The van der Waals surface area contributed by atoms with E-state index in [2.05, 4.69) is 0 Å². The molecule has 180 valence electrons. The maximum atomic E-state index is 13.6. The van der Waals surface area contributed by atoms with E-state index in [1.54, 1.807) is 30.7 Å². The summed E-state index contributed by atoms with van der Waals surface area (Å²) in [5, 5.41) is 12.6. The van der Waals surface area contributed by atoms with Crippen molar-refractivity contribution in [1.82, 2.24) is 4.57 Å². The smallest absolute Gasteiger partial charge is 0.341 e. The molecule has 0 saturated heterocycles. The Balaban J connectivity index is 1.53. The third-order valence-corrected chi connectivity index (χ3v) is 6.23. The molecule has 0 aliphatic heterocycles. The summed E-state index contributed by atoms with van der Waals surface area (Å²) < 4.78 is 15.2. The minimum atomic E-state index is -0.150. The fraction of sp³-hybridized carbons (Fsp3) is 0.133. The van der Waals surface area contributed by atoms with E-state index in [4.69, 9.17) is 9.47 Å². The van der Waals surface area contributed by atoms with Crippen LogP contribution in [0, 0.1) is 6.92 Å². The lowest BCUT2D eigenvalue weighted by molar-refractivity contribution is -0.504. The zero-order valence-electron chi connectivity index (χ0n) is 20.2. The lowest BCUT2D eigenvalue weighted by atomic mass is 10.1. The van der Waals surface area contributed by atoms with Gasteiger partial charge in [0.2, 0.25) is 0 Å². The monoisotopic (exact) mass is 478 g/mol. The summed E-state index contributed by atoms with van der Waals surface area (Å²) in [4.78, 5) is 13.6. The first kappa shape index (κ1) is 23.2. The van der Waals surface area contributed by atoms with E-state index in [1.807, 2.05) is 83.4 Å². The Bertz CT molecular complexity index is 1590. The van der Waals surface area contributed by atoms with Crippen LogP contribution in [0.25, 0.3) is 16.9 Å². The summed E-state index contributed by atoms with van der Waals surface area (Å²) in [5.41, 5.74) is 4.12. The Morgan fingerprint density at radius 3 is 2.39 bits per heavy atom. The molecule has 0 spiro atoms. The predicted octanol–water partition coefficient (Wildman–Crippen LogP) is 4.27. The summed E-state index contributed by atoms with van der Waals surface area (Å²) in [6, 6.07) is 28.1. The van der Waals surface area contributed by atoms with Gasteiger partial charge < -0.3 is 14.6 Å². The Labute approximate surface area is 209 Å². The molecule has 0 atom stereocenters. The molecule has 5 aromatic rings. The second kappa shape index (κ2) is 9.96. The number of rotatable bonds is 7. The normalized spacial score (nSPS) is 10.9. The first-order valence-electron chi connectivity index (χ1n) is 11.7. The van der Waals surface area contributed by atoms with Gasteiger partial charge >= 0.3 is 5.56 Å². The molecule has 6 nitrogen and oxygen atoms in total. The molecule has 0 saturated carbocycles. The second-order valence-electron chi connectivity index (χ2n) is 8.55. The van der Waals surface area contributed by atoms with Gasteiger partial charge in [-0.3, -0.25) is 0 Å². The molecule has 0 N–H and O–H groups in total. The molecule has 2 aromatic heterocycles. The van der Waals surface area contributed by atoms with Crippen molar-refractivity contribution in [1.29, 1.82) is 0 Å². The number of aromatic nitrogens is 2. The van der Waals surface area contributed by atoms with Gasteiger partial charge in [-0.1, -0.05) is 72.5 Å². The quantitative estimate of drug-likeness (QED) is 0.328. The molecule has 0 radical (unpaired) electrons. The van der Waals surface area contributed by atoms with E-state index in [-0.39, 0.29) is 11.3 Å². The maximum Gasteiger partial charge on any atom is 0.341 e. The fourth-order valence-corrected chi connectivity index (χ4v) is 4.43. The van der Waals surface area contributed by atoms with Gasteiger partial charge in [-0.25, -0.2) is 4.79 Å². The molecule has 0 fully saturated rings. The SMILES string of the molecule is COc1cc(Cn2c(=O)c(C)c(-c3ccccc3[O-])[n+]3ccccc23)ccc1OCc1ccccc1. The summed E-state index contributed by atoms with van der Waals surface area (Å²) in [6.07, 6.45) is 1.88. The Kier molecular flexibility index (Phi) is 6.41. The van der Waals surface area contributed by atoms with E-state index < -0.39 is 0 Å². The van der Waals surface area contributed by atoms with Crippen LogP contribution < -0.4 is 24.5 Å². The average Bonchev–Trinajstić information content (AvgIpc) is 2.92. The van der Waals surface area contributed by atoms with Crippen LogP contribution in [0.3, 0.4) is 0 Å². The molecule has 2 heterocycles. The van der Waals surface area contributed by atoms with E-state index in [1.165, 1.54) is 6.07 Å². The van der Waals surface area contributed by atoms with Crippen molar-refractivity contribution in [2.75, 3.05) is 7.11 Å². The first-order valence-corrected chi connectivity index (χ1v) is 11.7. The van der Waals surface area contributed by atoms with Crippen molar-refractivity contribution in [2.24, 2.45) is 0 Å². The van der Waals surface area contributed by atoms with E-state index >= 15 is 0 Å². The number of hydrogen-bond donors (Lipinski definition) is 0. The van der Waals surface area contributed by atoms with Crippen LogP contribution in [-0.4, -0.2) is 11.7 Å². The van der Waals surface area contributed by atoms with Crippen molar-refractivity contribution >= 4 is 5.65 Å². The minimum absolute atomic E-state index is 0.119. The second-order valence-corrected chi connectivity index (χ2v) is 8.55. The number of methoxy groups -OCH3 is 1. The highest BCUT2D eigenvalue weighted by atomic mass is 16.5. The highest BCUT2D eigenvalue weighted by Crippen LogP contribution is 2.30. The van der Waals surface area contributed by atoms with Crippen LogP contribution in [0.1, 0.15) is 16.7 Å². The number of nitrogens with zero attached hydrogens (tertiary/aromatic N) is 2. The standard InChI is InChI=1S/C30H26N2O4/c1-21-29(24-12-6-7-13-25(24)33)31-17-9-8-14-28(31)32(30(21)34)19-23-15-16-26(27(18-23)35-2)36-20-22-10-4-3-5-11-22/h3-18H,19-20H2,1-2H3. The zero-order valence-corrected chi connectivity index (χ0v) is 20.2. The summed E-state index contributed by atoms with van der Waals surface area (Å²) in [5.74, 6) is 1.11. The van der Waals surface area contributed by atoms with Crippen LogP contribution in [-0.2, 0) is 13.2 Å². The first-order chi connectivity index (χ1) is 17.6. The number of benzene rings is 3. The van der Waals surface area contributed by atoms with Crippen LogP contribution in [0.2, 0.25) is 0 Å². The van der Waals surface area contributed by atoms with Gasteiger partial charge in [0, 0.05) is 11.6 Å². The third kappa shape index (κ3) is 4.41. The van der Waals surface area contributed by atoms with E-state index in [0.717, 1.165) is 11.1 Å². The van der Waals surface area contributed by atoms with Crippen LogP contribution in [0.5, 0.6) is 17.2 Å². The molecule has 0 aliphatic carbocycles. The molecule has 5 rings (SSSR count). The van der Waals surface area contributed by atoms with Gasteiger partial charge in [-0.2, -0.15) is 8.97 Å². The third-order valence-electron chi connectivity index (χ3n) is 6.23. The lowest BCUT2D eigenvalue weighted by Crippen LogP contribution is -2.38. The molecule has 0 bridgehead atoms. The van der Waals surface area contributed by atoms with Gasteiger partial charge in [0.05, 0.1) is 18.9 Å². The summed E-state index contributed by atoms with van der Waals surface area (Å²) in [6.45, 7) is 2.53. The van der Waals surface area contributed by atoms with Crippen LogP contribution in [0.4, 0.5) is 0 Å². The van der Waals surface area contributed by atoms with Crippen molar-refractivity contribution < 1.29 is 19.0 Å². The molecule has 0 amide bonds.